The average molecular weight is 386 g/mol. The molecule has 6 heteroatoms. The fourth-order valence-electron chi connectivity index (χ4n) is 3.43. The van der Waals surface area contributed by atoms with Crippen LogP contribution in [0.15, 0.2) is 41.4 Å². The first-order valence-corrected chi connectivity index (χ1v) is 11.2. The maximum absolute atomic E-state index is 12.4. The zero-order valence-electron chi connectivity index (χ0n) is 16.3. The molecule has 144 valence electrons. The minimum absolute atomic E-state index is 0.199. The van der Waals surface area contributed by atoms with E-state index in [1.54, 1.807) is 24.3 Å². The van der Waals surface area contributed by atoms with Crippen LogP contribution in [0, 0.1) is 13.8 Å². The van der Waals surface area contributed by atoms with E-state index < -0.39 is 9.84 Å². The van der Waals surface area contributed by atoms with Gasteiger partial charge in [0, 0.05) is 18.7 Å². The highest BCUT2D eigenvalue weighted by molar-refractivity contribution is 7.91. The molecule has 0 amide bonds. The molecule has 0 unspecified atom stereocenters. The van der Waals surface area contributed by atoms with Crippen LogP contribution < -0.4 is 0 Å². The summed E-state index contributed by atoms with van der Waals surface area (Å²) in [6, 6.07) is 8.70. The van der Waals surface area contributed by atoms with E-state index in [2.05, 4.69) is 23.4 Å². The Morgan fingerprint density at radius 1 is 1.04 bits per heavy atom. The van der Waals surface area contributed by atoms with Gasteiger partial charge in [-0.05, 0) is 44.4 Å². The summed E-state index contributed by atoms with van der Waals surface area (Å²) in [5, 5.41) is 0. The van der Waals surface area contributed by atoms with E-state index in [1.807, 2.05) is 19.2 Å². The summed E-state index contributed by atoms with van der Waals surface area (Å²) in [6.45, 7) is 7.08. The Morgan fingerprint density at radius 2 is 1.78 bits per heavy atom. The third kappa shape index (κ3) is 4.21. The van der Waals surface area contributed by atoms with Crippen LogP contribution in [0.4, 0.5) is 0 Å². The third-order valence-electron chi connectivity index (χ3n) is 5.07. The zero-order chi connectivity index (χ0) is 19.4. The van der Waals surface area contributed by atoms with Crippen molar-refractivity contribution in [3.63, 3.8) is 0 Å². The van der Waals surface area contributed by atoms with Crippen molar-refractivity contribution < 1.29 is 8.42 Å². The number of hydrogen-bond donors (Lipinski definition) is 0. The maximum atomic E-state index is 12.4. The van der Waals surface area contributed by atoms with E-state index in [0.29, 0.717) is 11.3 Å². The van der Waals surface area contributed by atoms with E-state index >= 15 is 0 Å². The molecule has 27 heavy (non-hydrogen) atoms. The molecule has 1 aromatic carbocycles. The molecule has 0 saturated heterocycles. The van der Waals surface area contributed by atoms with Gasteiger partial charge >= 0.3 is 0 Å². The van der Waals surface area contributed by atoms with Gasteiger partial charge in [-0.3, -0.25) is 4.98 Å². The molecule has 0 atom stereocenters. The van der Waals surface area contributed by atoms with Gasteiger partial charge in [-0.15, -0.1) is 0 Å². The highest BCUT2D eigenvalue weighted by atomic mass is 32.2. The van der Waals surface area contributed by atoms with E-state index in [0.717, 1.165) is 48.4 Å². The first-order valence-electron chi connectivity index (χ1n) is 9.53. The molecule has 2 heterocycles. The Kier molecular flexibility index (Phi) is 5.95. The number of nitrogens with zero attached hydrogens (tertiary/aromatic N) is 3. The van der Waals surface area contributed by atoms with Crippen molar-refractivity contribution in [1.82, 2.24) is 14.5 Å². The van der Waals surface area contributed by atoms with Gasteiger partial charge in [0.1, 0.15) is 11.3 Å². The lowest BCUT2D eigenvalue weighted by molar-refractivity contribution is 0.574. The van der Waals surface area contributed by atoms with Gasteiger partial charge in [0.15, 0.2) is 9.84 Å². The fraction of sp³-hybridized carbons (Fsp3) is 0.429. The lowest BCUT2D eigenvalue weighted by Crippen LogP contribution is -2.08. The zero-order valence-corrected chi connectivity index (χ0v) is 17.1. The summed E-state index contributed by atoms with van der Waals surface area (Å²) < 4.78 is 27.0. The predicted octanol–water partition coefficient (Wildman–Crippen LogP) is 4.25. The highest BCUT2D eigenvalue weighted by Crippen LogP contribution is 2.22. The molecule has 0 aliphatic heterocycles. The number of unbranched alkanes of at least 4 members (excludes halogenated alkanes) is 2. The van der Waals surface area contributed by atoms with Gasteiger partial charge in [0.05, 0.1) is 22.4 Å². The molecule has 0 N–H and O–H groups in total. The minimum atomic E-state index is -3.18. The van der Waals surface area contributed by atoms with Gasteiger partial charge in [-0.1, -0.05) is 31.5 Å². The van der Waals surface area contributed by atoms with Gasteiger partial charge in [0.25, 0.3) is 0 Å². The SMILES string of the molecule is CCc1nc2cnc(C)c(C)c2n1CCCCCS(=O)(=O)c1ccccc1. The Balaban J connectivity index is 1.64. The second-order valence-corrected chi connectivity index (χ2v) is 9.04. The summed E-state index contributed by atoms with van der Waals surface area (Å²) in [7, 11) is -3.18. The Labute approximate surface area is 161 Å². The number of benzene rings is 1. The number of rotatable bonds is 8. The molecule has 3 aromatic rings. The van der Waals surface area contributed by atoms with Crippen molar-refractivity contribution in [2.75, 3.05) is 5.75 Å². The van der Waals surface area contributed by atoms with Crippen LogP contribution in [0.2, 0.25) is 0 Å². The molecule has 0 spiro atoms. The largest absolute Gasteiger partial charge is 0.328 e. The quantitative estimate of drug-likeness (QED) is 0.544. The lowest BCUT2D eigenvalue weighted by atomic mass is 10.2. The predicted molar refractivity (Wildman–Crippen MR) is 109 cm³/mol. The molecule has 5 nitrogen and oxygen atoms in total. The molecular weight excluding hydrogens is 358 g/mol. The third-order valence-corrected chi connectivity index (χ3v) is 6.88. The number of hydrogen-bond acceptors (Lipinski definition) is 4. The van der Waals surface area contributed by atoms with Crippen molar-refractivity contribution in [3.8, 4) is 0 Å². The number of fused-ring (bicyclic) bond motifs is 1. The summed E-state index contributed by atoms with van der Waals surface area (Å²) in [5.41, 5.74) is 4.31. The number of sulfone groups is 1. The summed E-state index contributed by atoms with van der Waals surface area (Å²) in [5.74, 6) is 1.27. The molecule has 3 rings (SSSR count). The molecular formula is C21H27N3O2S. The van der Waals surface area contributed by atoms with E-state index in [9.17, 15) is 8.42 Å². The van der Waals surface area contributed by atoms with E-state index in [4.69, 9.17) is 4.98 Å². The van der Waals surface area contributed by atoms with Gasteiger partial charge in [0.2, 0.25) is 0 Å². The van der Waals surface area contributed by atoms with Crippen LogP contribution >= 0.6 is 0 Å². The van der Waals surface area contributed by atoms with Crippen LogP contribution in [0.3, 0.4) is 0 Å². The first kappa shape index (κ1) is 19.5. The average Bonchev–Trinajstić information content (AvgIpc) is 3.03. The van der Waals surface area contributed by atoms with Gasteiger partial charge < -0.3 is 4.57 Å². The number of pyridine rings is 1. The van der Waals surface area contributed by atoms with Crippen LogP contribution in [-0.4, -0.2) is 28.7 Å². The molecule has 0 saturated carbocycles. The Morgan fingerprint density at radius 3 is 2.48 bits per heavy atom. The smallest absolute Gasteiger partial charge is 0.178 e. The Bertz CT molecular complexity index is 1020. The maximum Gasteiger partial charge on any atom is 0.178 e. The van der Waals surface area contributed by atoms with Crippen molar-refractivity contribution in [2.24, 2.45) is 0 Å². The monoisotopic (exact) mass is 385 g/mol. The molecule has 0 bridgehead atoms. The summed E-state index contributed by atoms with van der Waals surface area (Å²) >= 11 is 0. The van der Waals surface area contributed by atoms with Crippen molar-refractivity contribution in [3.05, 3.63) is 53.6 Å². The summed E-state index contributed by atoms with van der Waals surface area (Å²) in [4.78, 5) is 9.55. The van der Waals surface area contributed by atoms with Crippen LogP contribution in [0.1, 0.15) is 43.3 Å². The van der Waals surface area contributed by atoms with Crippen molar-refractivity contribution in [1.29, 1.82) is 0 Å². The summed E-state index contributed by atoms with van der Waals surface area (Å²) in [6.07, 6.45) is 5.20. The number of aromatic nitrogens is 3. The van der Waals surface area contributed by atoms with Crippen LogP contribution in [0.25, 0.3) is 11.0 Å². The van der Waals surface area contributed by atoms with Gasteiger partial charge in [-0.25, -0.2) is 13.4 Å². The lowest BCUT2D eigenvalue weighted by Gasteiger charge is -2.10. The minimum Gasteiger partial charge on any atom is -0.328 e. The normalized spacial score (nSPS) is 12.0. The molecule has 2 aromatic heterocycles. The Hall–Kier alpha value is -2.21. The molecule has 0 radical (unpaired) electrons. The van der Waals surface area contributed by atoms with Gasteiger partial charge in [-0.2, -0.15) is 0 Å². The highest BCUT2D eigenvalue weighted by Gasteiger charge is 2.15. The van der Waals surface area contributed by atoms with E-state index in [1.165, 1.54) is 5.56 Å². The van der Waals surface area contributed by atoms with Crippen LogP contribution in [-0.2, 0) is 22.8 Å². The molecule has 0 aliphatic rings. The van der Waals surface area contributed by atoms with E-state index in [-0.39, 0.29) is 5.75 Å². The molecule has 0 fully saturated rings. The second-order valence-electron chi connectivity index (χ2n) is 6.93. The van der Waals surface area contributed by atoms with Crippen molar-refractivity contribution in [2.45, 2.75) is 57.9 Å². The fourth-order valence-corrected chi connectivity index (χ4v) is 4.82. The second kappa shape index (κ2) is 8.21. The number of aryl methyl sites for hydroxylation is 4. The van der Waals surface area contributed by atoms with Crippen molar-refractivity contribution >= 4 is 20.9 Å². The van der Waals surface area contributed by atoms with Crippen LogP contribution in [0.5, 0.6) is 0 Å². The molecule has 0 aliphatic carbocycles. The standard InChI is InChI=1S/C21H27N3O2S/c1-4-20-23-19-15-22-17(3)16(2)21(19)24(20)13-9-6-10-14-27(25,26)18-11-7-5-8-12-18/h5,7-8,11-12,15H,4,6,9-10,13-14H2,1-3H3. The number of imidazole rings is 1. The topological polar surface area (TPSA) is 64.8 Å². The first-order chi connectivity index (χ1) is 12.9.